The molecule has 0 aliphatic carbocycles. The summed E-state index contributed by atoms with van der Waals surface area (Å²) >= 11 is 0. The number of amides is 1. The number of rotatable bonds is 8. The van der Waals surface area contributed by atoms with Crippen LogP contribution in [0.1, 0.15) is 28.6 Å². The van der Waals surface area contributed by atoms with E-state index in [1.54, 1.807) is 24.2 Å². The molecule has 0 aliphatic rings. The third-order valence-corrected chi connectivity index (χ3v) is 5.74. The molecule has 28 heavy (non-hydrogen) atoms. The van der Waals surface area contributed by atoms with Gasteiger partial charge in [0.05, 0.1) is 17.7 Å². The van der Waals surface area contributed by atoms with Crippen molar-refractivity contribution in [2.24, 2.45) is 0 Å². The van der Waals surface area contributed by atoms with Crippen molar-refractivity contribution in [1.82, 2.24) is 9.62 Å². The number of hydrogen-bond acceptors (Lipinski definition) is 4. The normalized spacial score (nSPS) is 11.3. The third-order valence-electron chi connectivity index (χ3n) is 4.18. The molecule has 0 bridgehead atoms. The second kappa shape index (κ2) is 8.86. The van der Waals surface area contributed by atoms with Gasteiger partial charge in [-0.3, -0.25) is 4.79 Å². The van der Waals surface area contributed by atoms with Crippen LogP contribution in [0.5, 0.6) is 0 Å². The Hall–Kier alpha value is -2.90. The molecular weight excluding hydrogens is 376 g/mol. The van der Waals surface area contributed by atoms with Gasteiger partial charge < -0.3 is 9.32 Å². The molecule has 2 aromatic carbocycles. The second-order valence-corrected chi connectivity index (χ2v) is 8.02. The number of benzene rings is 2. The molecule has 0 saturated carbocycles. The van der Waals surface area contributed by atoms with Crippen LogP contribution in [-0.4, -0.2) is 25.8 Å². The van der Waals surface area contributed by atoms with Crippen LogP contribution in [0.2, 0.25) is 0 Å². The average Bonchev–Trinajstić information content (AvgIpc) is 3.21. The minimum atomic E-state index is -3.55. The number of furan rings is 1. The van der Waals surface area contributed by atoms with E-state index in [1.165, 1.54) is 24.3 Å². The molecule has 3 aromatic rings. The molecule has 1 heterocycles. The van der Waals surface area contributed by atoms with E-state index in [1.807, 2.05) is 36.4 Å². The quantitative estimate of drug-likeness (QED) is 0.631. The molecule has 3 rings (SSSR count). The van der Waals surface area contributed by atoms with Gasteiger partial charge in [0.1, 0.15) is 5.76 Å². The predicted octanol–water partition coefficient (Wildman–Crippen LogP) is 3.42. The lowest BCUT2D eigenvalue weighted by molar-refractivity contribution is 0.0717. The van der Waals surface area contributed by atoms with Crippen LogP contribution in [0.15, 0.2) is 82.3 Å². The SMILES string of the molecule is CCNS(=O)(=O)c1ccc(C(=O)N(Cc2ccccc2)Cc2ccco2)cc1. The number of nitrogens with one attached hydrogen (secondary N) is 1. The zero-order valence-corrected chi connectivity index (χ0v) is 16.4. The lowest BCUT2D eigenvalue weighted by atomic mass is 10.1. The van der Waals surface area contributed by atoms with E-state index in [-0.39, 0.29) is 10.8 Å². The second-order valence-electron chi connectivity index (χ2n) is 6.25. The van der Waals surface area contributed by atoms with E-state index >= 15 is 0 Å². The molecule has 1 aromatic heterocycles. The lowest BCUT2D eigenvalue weighted by Crippen LogP contribution is -2.30. The Morgan fingerprint density at radius 2 is 1.68 bits per heavy atom. The van der Waals surface area contributed by atoms with Crippen molar-refractivity contribution in [3.8, 4) is 0 Å². The first-order valence-electron chi connectivity index (χ1n) is 8.95. The molecule has 0 spiro atoms. The average molecular weight is 398 g/mol. The van der Waals surface area contributed by atoms with Crippen LogP contribution in [0.4, 0.5) is 0 Å². The van der Waals surface area contributed by atoms with Crippen molar-refractivity contribution >= 4 is 15.9 Å². The molecule has 0 fully saturated rings. The lowest BCUT2D eigenvalue weighted by Gasteiger charge is -2.22. The Morgan fingerprint density at radius 1 is 0.964 bits per heavy atom. The van der Waals surface area contributed by atoms with Crippen molar-refractivity contribution in [3.05, 3.63) is 89.9 Å². The van der Waals surface area contributed by atoms with Gasteiger partial charge in [-0.25, -0.2) is 13.1 Å². The Balaban J connectivity index is 1.84. The topological polar surface area (TPSA) is 79.6 Å². The number of nitrogens with zero attached hydrogens (tertiary/aromatic N) is 1. The first-order valence-corrected chi connectivity index (χ1v) is 10.4. The zero-order chi connectivity index (χ0) is 20.0. The number of carbonyl (C=O) groups excluding carboxylic acids is 1. The number of carbonyl (C=O) groups is 1. The molecule has 0 radical (unpaired) electrons. The molecule has 0 atom stereocenters. The van der Waals surface area contributed by atoms with Crippen LogP contribution in [0.3, 0.4) is 0 Å². The summed E-state index contributed by atoms with van der Waals surface area (Å²) in [5.74, 6) is 0.475. The standard InChI is InChI=1S/C21H22N2O4S/c1-2-22-28(25,26)20-12-10-18(11-13-20)21(24)23(16-19-9-6-14-27-19)15-17-7-4-3-5-8-17/h3-14,22H,2,15-16H2,1H3. The highest BCUT2D eigenvalue weighted by molar-refractivity contribution is 7.89. The van der Waals surface area contributed by atoms with Gasteiger partial charge in [-0.15, -0.1) is 0 Å². The number of sulfonamides is 1. The van der Waals surface area contributed by atoms with Crippen LogP contribution < -0.4 is 4.72 Å². The van der Waals surface area contributed by atoms with E-state index in [9.17, 15) is 13.2 Å². The third kappa shape index (κ3) is 4.88. The van der Waals surface area contributed by atoms with E-state index < -0.39 is 10.0 Å². The summed E-state index contributed by atoms with van der Waals surface area (Å²) in [7, 11) is -3.55. The zero-order valence-electron chi connectivity index (χ0n) is 15.5. The van der Waals surface area contributed by atoms with Gasteiger partial charge in [-0.1, -0.05) is 37.3 Å². The van der Waals surface area contributed by atoms with Crippen molar-refractivity contribution in [1.29, 1.82) is 0 Å². The van der Waals surface area contributed by atoms with Gasteiger partial charge >= 0.3 is 0 Å². The summed E-state index contributed by atoms with van der Waals surface area (Å²) in [5, 5.41) is 0. The molecule has 146 valence electrons. The highest BCUT2D eigenvalue weighted by atomic mass is 32.2. The smallest absolute Gasteiger partial charge is 0.254 e. The van der Waals surface area contributed by atoms with Gasteiger partial charge in [0, 0.05) is 18.7 Å². The summed E-state index contributed by atoms with van der Waals surface area (Å²) in [6, 6.07) is 19.2. The maximum atomic E-state index is 13.1. The fourth-order valence-corrected chi connectivity index (χ4v) is 3.87. The molecule has 0 aliphatic heterocycles. The summed E-state index contributed by atoms with van der Waals surface area (Å²) < 4.78 is 32.0. The maximum absolute atomic E-state index is 13.1. The minimum absolute atomic E-state index is 0.131. The largest absolute Gasteiger partial charge is 0.467 e. The summed E-state index contributed by atoms with van der Waals surface area (Å²) in [6.45, 7) is 2.75. The molecule has 7 heteroatoms. The van der Waals surface area contributed by atoms with Crippen molar-refractivity contribution < 1.29 is 17.6 Å². The molecule has 0 saturated heterocycles. The molecular formula is C21H22N2O4S. The minimum Gasteiger partial charge on any atom is -0.467 e. The van der Waals surface area contributed by atoms with Crippen LogP contribution in [-0.2, 0) is 23.1 Å². The summed E-state index contributed by atoms with van der Waals surface area (Å²) in [6.07, 6.45) is 1.57. The molecule has 1 N–H and O–H groups in total. The Morgan fingerprint density at radius 3 is 2.29 bits per heavy atom. The van der Waals surface area contributed by atoms with Gasteiger partial charge in [0.15, 0.2) is 0 Å². The fraction of sp³-hybridized carbons (Fsp3) is 0.190. The van der Waals surface area contributed by atoms with Crippen LogP contribution >= 0.6 is 0 Å². The van der Waals surface area contributed by atoms with Gasteiger partial charge in [-0.2, -0.15) is 0 Å². The first kappa shape index (κ1) is 19.9. The summed E-state index contributed by atoms with van der Waals surface area (Å²) in [4.78, 5) is 14.9. The Kier molecular flexibility index (Phi) is 6.28. The molecule has 1 amide bonds. The van der Waals surface area contributed by atoms with Gasteiger partial charge in [0.25, 0.3) is 5.91 Å². The number of hydrogen-bond donors (Lipinski definition) is 1. The molecule has 6 nitrogen and oxygen atoms in total. The van der Waals surface area contributed by atoms with Gasteiger partial charge in [-0.05, 0) is 42.0 Å². The highest BCUT2D eigenvalue weighted by Gasteiger charge is 2.19. The monoisotopic (exact) mass is 398 g/mol. The first-order chi connectivity index (χ1) is 13.5. The van der Waals surface area contributed by atoms with Crippen LogP contribution in [0.25, 0.3) is 0 Å². The molecule has 0 unspecified atom stereocenters. The van der Waals surface area contributed by atoms with E-state index in [4.69, 9.17) is 4.42 Å². The maximum Gasteiger partial charge on any atom is 0.254 e. The van der Waals surface area contributed by atoms with E-state index in [0.717, 1.165) is 5.56 Å². The Bertz CT molecular complexity index is 998. The highest BCUT2D eigenvalue weighted by Crippen LogP contribution is 2.17. The van der Waals surface area contributed by atoms with E-state index in [0.29, 0.717) is 31.0 Å². The predicted molar refractivity (Wildman–Crippen MR) is 106 cm³/mol. The van der Waals surface area contributed by atoms with Crippen molar-refractivity contribution in [3.63, 3.8) is 0 Å². The van der Waals surface area contributed by atoms with Crippen molar-refractivity contribution in [2.45, 2.75) is 24.9 Å². The summed E-state index contributed by atoms with van der Waals surface area (Å²) in [5.41, 5.74) is 1.41. The Labute approximate surface area is 164 Å². The van der Waals surface area contributed by atoms with Crippen molar-refractivity contribution in [2.75, 3.05) is 6.54 Å². The van der Waals surface area contributed by atoms with Crippen LogP contribution in [0, 0.1) is 0 Å². The van der Waals surface area contributed by atoms with Gasteiger partial charge in [0.2, 0.25) is 10.0 Å². The fourth-order valence-electron chi connectivity index (χ4n) is 2.83. The van der Waals surface area contributed by atoms with E-state index in [2.05, 4.69) is 4.72 Å².